The lowest BCUT2D eigenvalue weighted by molar-refractivity contribution is -0.0589. The fourth-order valence-corrected chi connectivity index (χ4v) is 4.94. The highest BCUT2D eigenvalue weighted by molar-refractivity contribution is 5.63. The first-order valence-electron chi connectivity index (χ1n) is 11.2. The molecule has 5 rings (SSSR count). The molecule has 2 atom stereocenters. The molecule has 3 aromatic rings. The second-order valence-corrected chi connectivity index (χ2v) is 8.99. The molecule has 1 saturated heterocycles. The second-order valence-electron chi connectivity index (χ2n) is 8.99. The molecule has 0 aliphatic carbocycles. The Labute approximate surface area is 187 Å². The highest BCUT2D eigenvalue weighted by Gasteiger charge is 2.43. The monoisotopic (exact) mass is 433 g/mol. The fraction of sp³-hybridized carbons (Fsp3) is 0.333. The van der Waals surface area contributed by atoms with Crippen LogP contribution in [0.1, 0.15) is 42.6 Å². The zero-order chi connectivity index (χ0) is 22.1. The van der Waals surface area contributed by atoms with E-state index in [1.807, 2.05) is 30.3 Å². The van der Waals surface area contributed by atoms with E-state index in [9.17, 15) is 14.6 Å². The van der Waals surface area contributed by atoms with Gasteiger partial charge >= 0.3 is 0 Å². The van der Waals surface area contributed by atoms with Crippen molar-refractivity contribution in [1.82, 2.24) is 4.90 Å². The molecule has 2 aliphatic heterocycles. The minimum absolute atomic E-state index is 0.358. The predicted molar refractivity (Wildman–Crippen MR) is 122 cm³/mol. The molecule has 2 unspecified atom stereocenters. The SMILES string of the molecule is OC(CN1CCC2(CC1)CC(O)c1cc(F)ccc1O2)c1ccc(-c2ccccc2)cc1. The maximum atomic E-state index is 13.5. The number of aliphatic hydroxyl groups is 2. The first-order chi connectivity index (χ1) is 15.5. The highest BCUT2D eigenvalue weighted by Crippen LogP contribution is 2.44. The Hall–Kier alpha value is -2.73. The topological polar surface area (TPSA) is 52.9 Å². The van der Waals surface area contributed by atoms with Gasteiger partial charge in [-0.05, 0) is 47.7 Å². The lowest BCUT2D eigenvalue weighted by Crippen LogP contribution is -2.51. The quantitative estimate of drug-likeness (QED) is 0.616. The maximum Gasteiger partial charge on any atom is 0.126 e. The molecular formula is C27H28FNO3. The van der Waals surface area contributed by atoms with Gasteiger partial charge in [-0.3, -0.25) is 0 Å². The Bertz CT molecular complexity index is 1060. The van der Waals surface area contributed by atoms with Crippen LogP contribution < -0.4 is 4.74 Å². The Morgan fingerprint density at radius 2 is 1.66 bits per heavy atom. The summed E-state index contributed by atoms with van der Waals surface area (Å²) in [5.74, 6) is 0.222. The van der Waals surface area contributed by atoms with Gasteiger partial charge in [-0.1, -0.05) is 54.6 Å². The second kappa shape index (κ2) is 8.66. The van der Waals surface area contributed by atoms with E-state index in [4.69, 9.17) is 4.74 Å². The number of ether oxygens (including phenoxy) is 1. The average molecular weight is 434 g/mol. The standard InChI is InChI=1S/C27H28FNO3/c28-22-10-11-26-23(16-22)24(30)17-27(32-26)12-14-29(15-13-27)18-25(31)21-8-6-20(7-9-21)19-4-2-1-3-5-19/h1-11,16,24-25,30-31H,12-15,17-18H2. The molecule has 4 nitrogen and oxygen atoms in total. The lowest BCUT2D eigenvalue weighted by atomic mass is 9.81. The van der Waals surface area contributed by atoms with Crippen LogP contribution >= 0.6 is 0 Å². The van der Waals surface area contributed by atoms with E-state index in [0.29, 0.717) is 24.3 Å². The summed E-state index contributed by atoms with van der Waals surface area (Å²) in [7, 11) is 0. The molecule has 0 amide bonds. The number of hydrogen-bond donors (Lipinski definition) is 2. The Balaban J connectivity index is 1.19. The number of halogens is 1. The van der Waals surface area contributed by atoms with Crippen LogP contribution in [0.3, 0.4) is 0 Å². The molecule has 1 spiro atoms. The number of aliphatic hydroxyl groups excluding tert-OH is 2. The Morgan fingerprint density at radius 3 is 2.38 bits per heavy atom. The summed E-state index contributed by atoms with van der Waals surface area (Å²) in [6.07, 6.45) is 0.729. The van der Waals surface area contributed by atoms with Gasteiger partial charge in [0, 0.05) is 31.6 Å². The van der Waals surface area contributed by atoms with Crippen molar-refractivity contribution in [2.45, 2.75) is 37.1 Å². The molecule has 2 aliphatic rings. The van der Waals surface area contributed by atoms with Crippen LogP contribution in [0.25, 0.3) is 11.1 Å². The van der Waals surface area contributed by atoms with Crippen molar-refractivity contribution in [3.05, 3.63) is 89.7 Å². The van der Waals surface area contributed by atoms with Crippen molar-refractivity contribution in [2.24, 2.45) is 0 Å². The van der Waals surface area contributed by atoms with Gasteiger partial charge in [0.1, 0.15) is 17.2 Å². The van der Waals surface area contributed by atoms with E-state index in [1.165, 1.54) is 12.1 Å². The number of hydrogen-bond acceptors (Lipinski definition) is 4. The Kier molecular flexibility index (Phi) is 5.72. The summed E-state index contributed by atoms with van der Waals surface area (Å²) in [5.41, 5.74) is 3.31. The molecule has 2 N–H and O–H groups in total. The molecule has 3 aromatic carbocycles. The third kappa shape index (κ3) is 4.29. The smallest absolute Gasteiger partial charge is 0.126 e. The summed E-state index contributed by atoms with van der Waals surface area (Å²) < 4.78 is 19.8. The molecule has 0 radical (unpaired) electrons. The van der Waals surface area contributed by atoms with Gasteiger partial charge in [0.15, 0.2) is 0 Å². The molecule has 2 heterocycles. The number of piperidine rings is 1. The van der Waals surface area contributed by atoms with E-state index >= 15 is 0 Å². The number of likely N-dealkylation sites (tertiary alicyclic amines) is 1. The van der Waals surface area contributed by atoms with Crippen LogP contribution in [0.5, 0.6) is 5.75 Å². The summed E-state index contributed by atoms with van der Waals surface area (Å²) in [5, 5.41) is 21.4. The molecule has 0 aromatic heterocycles. The van der Waals surface area contributed by atoms with Gasteiger partial charge in [0.2, 0.25) is 0 Å². The average Bonchev–Trinajstić information content (AvgIpc) is 2.82. The lowest BCUT2D eigenvalue weighted by Gasteiger charge is -2.46. The van der Waals surface area contributed by atoms with Gasteiger partial charge < -0.3 is 19.8 Å². The predicted octanol–water partition coefficient (Wildman–Crippen LogP) is 4.88. The summed E-state index contributed by atoms with van der Waals surface area (Å²) in [6, 6.07) is 22.6. The molecule has 0 saturated carbocycles. The minimum Gasteiger partial charge on any atom is -0.487 e. The van der Waals surface area contributed by atoms with E-state index in [2.05, 4.69) is 29.2 Å². The maximum absolute atomic E-state index is 13.5. The number of nitrogens with zero attached hydrogens (tertiary/aromatic N) is 1. The Morgan fingerprint density at radius 1 is 0.969 bits per heavy atom. The summed E-state index contributed by atoms with van der Waals surface area (Å²) >= 11 is 0. The van der Waals surface area contributed by atoms with Crippen LogP contribution in [0, 0.1) is 5.82 Å². The number of β-amino-alcohol motifs (C(OH)–C–C–N with tert-alkyl or cyclic N) is 1. The number of rotatable bonds is 4. The van der Waals surface area contributed by atoms with Crippen molar-refractivity contribution in [3.8, 4) is 16.9 Å². The molecule has 5 heteroatoms. The van der Waals surface area contributed by atoms with Crippen LogP contribution in [0.15, 0.2) is 72.8 Å². The minimum atomic E-state index is -0.713. The van der Waals surface area contributed by atoms with Gasteiger partial charge in [-0.25, -0.2) is 4.39 Å². The molecule has 166 valence electrons. The molecule has 0 bridgehead atoms. The van der Waals surface area contributed by atoms with E-state index in [1.54, 1.807) is 6.07 Å². The summed E-state index contributed by atoms with van der Waals surface area (Å²) in [6.45, 7) is 2.12. The highest BCUT2D eigenvalue weighted by atomic mass is 19.1. The van der Waals surface area contributed by atoms with Crippen LogP contribution in [0.4, 0.5) is 4.39 Å². The zero-order valence-corrected chi connectivity index (χ0v) is 18.0. The van der Waals surface area contributed by atoms with Crippen molar-refractivity contribution in [1.29, 1.82) is 0 Å². The van der Waals surface area contributed by atoms with Crippen molar-refractivity contribution in [3.63, 3.8) is 0 Å². The van der Waals surface area contributed by atoms with Crippen molar-refractivity contribution < 1.29 is 19.3 Å². The summed E-state index contributed by atoms with van der Waals surface area (Å²) in [4.78, 5) is 2.25. The molecule has 32 heavy (non-hydrogen) atoms. The van der Waals surface area contributed by atoms with E-state index in [0.717, 1.165) is 42.6 Å². The normalized spacial score (nSPS) is 21.0. The van der Waals surface area contributed by atoms with Gasteiger partial charge in [-0.2, -0.15) is 0 Å². The fourth-order valence-electron chi connectivity index (χ4n) is 4.94. The molecule has 1 fully saturated rings. The third-order valence-corrected chi connectivity index (χ3v) is 6.82. The van der Waals surface area contributed by atoms with Gasteiger partial charge in [0.05, 0.1) is 12.2 Å². The zero-order valence-electron chi connectivity index (χ0n) is 18.0. The third-order valence-electron chi connectivity index (χ3n) is 6.82. The number of fused-ring (bicyclic) bond motifs is 1. The van der Waals surface area contributed by atoms with Crippen LogP contribution in [0.2, 0.25) is 0 Å². The first-order valence-corrected chi connectivity index (χ1v) is 11.2. The number of benzene rings is 3. The largest absolute Gasteiger partial charge is 0.487 e. The van der Waals surface area contributed by atoms with Crippen molar-refractivity contribution >= 4 is 0 Å². The van der Waals surface area contributed by atoms with Crippen LogP contribution in [-0.4, -0.2) is 40.3 Å². The van der Waals surface area contributed by atoms with E-state index in [-0.39, 0.29) is 5.82 Å². The van der Waals surface area contributed by atoms with Crippen LogP contribution in [-0.2, 0) is 0 Å². The van der Waals surface area contributed by atoms with Crippen molar-refractivity contribution in [2.75, 3.05) is 19.6 Å². The first kappa shape index (κ1) is 21.1. The van der Waals surface area contributed by atoms with Gasteiger partial charge in [-0.15, -0.1) is 0 Å². The molecular weight excluding hydrogens is 405 g/mol. The van der Waals surface area contributed by atoms with Gasteiger partial charge in [0.25, 0.3) is 0 Å². The van der Waals surface area contributed by atoms with E-state index < -0.39 is 17.8 Å².